The maximum absolute atomic E-state index is 12.2. The summed E-state index contributed by atoms with van der Waals surface area (Å²) in [6.45, 7) is 8.63. The van der Waals surface area contributed by atoms with Crippen LogP contribution in [0.3, 0.4) is 0 Å². The molecule has 0 aliphatic carbocycles. The number of aliphatic carboxylic acids is 1. The second-order valence-electron chi connectivity index (χ2n) is 5.85. The molecule has 6 heteroatoms. The largest absolute Gasteiger partial charge is 0.481 e. The van der Waals surface area contributed by atoms with Crippen LogP contribution in [0.25, 0.3) is 0 Å². The molecule has 0 aromatic carbocycles. The Morgan fingerprint density at radius 1 is 1.42 bits per heavy atom. The van der Waals surface area contributed by atoms with E-state index in [2.05, 4.69) is 5.32 Å². The molecule has 2 unspecified atom stereocenters. The third-order valence-electron chi connectivity index (χ3n) is 3.28. The molecule has 0 radical (unpaired) electrons. The molecule has 1 aliphatic rings. The Bertz CT molecular complexity index is 344. The van der Waals surface area contributed by atoms with E-state index < -0.39 is 11.5 Å². The lowest BCUT2D eigenvalue weighted by molar-refractivity contribution is -0.137. The maximum Gasteiger partial charge on any atom is 0.318 e. The summed E-state index contributed by atoms with van der Waals surface area (Å²) >= 11 is 0. The summed E-state index contributed by atoms with van der Waals surface area (Å²) in [5.41, 5.74) is -0.531. The van der Waals surface area contributed by atoms with Crippen molar-refractivity contribution >= 4 is 12.0 Å². The first-order valence-electron chi connectivity index (χ1n) is 6.63. The van der Waals surface area contributed by atoms with Gasteiger partial charge in [-0.05, 0) is 34.1 Å². The first-order chi connectivity index (χ1) is 8.71. The number of rotatable bonds is 4. The van der Waals surface area contributed by atoms with E-state index in [9.17, 15) is 9.59 Å². The van der Waals surface area contributed by atoms with Crippen LogP contribution in [0.2, 0.25) is 0 Å². The first-order valence-corrected chi connectivity index (χ1v) is 6.63. The van der Waals surface area contributed by atoms with Gasteiger partial charge in [0.25, 0.3) is 0 Å². The molecular weight excluding hydrogens is 248 g/mol. The van der Waals surface area contributed by atoms with Crippen LogP contribution in [0.15, 0.2) is 0 Å². The quantitative estimate of drug-likeness (QED) is 0.812. The Balaban J connectivity index is 2.54. The number of urea groups is 1. The number of ether oxygens (including phenoxy) is 1. The second kappa shape index (κ2) is 6.23. The van der Waals surface area contributed by atoms with Crippen LogP contribution in [0.5, 0.6) is 0 Å². The van der Waals surface area contributed by atoms with Crippen LogP contribution in [0.1, 0.15) is 40.5 Å². The van der Waals surface area contributed by atoms with E-state index >= 15 is 0 Å². The van der Waals surface area contributed by atoms with Gasteiger partial charge < -0.3 is 20.1 Å². The highest BCUT2D eigenvalue weighted by Gasteiger charge is 2.30. The van der Waals surface area contributed by atoms with Gasteiger partial charge in [0.1, 0.15) is 0 Å². The summed E-state index contributed by atoms with van der Waals surface area (Å²) in [4.78, 5) is 24.6. The van der Waals surface area contributed by atoms with E-state index in [-0.39, 0.29) is 24.6 Å². The number of carbonyl (C=O) groups excluding carboxylic acids is 1. The molecule has 0 aromatic heterocycles. The van der Waals surface area contributed by atoms with Crippen LogP contribution in [0, 0.1) is 0 Å². The van der Waals surface area contributed by atoms with Crippen molar-refractivity contribution in [3.63, 3.8) is 0 Å². The number of hydrogen-bond donors (Lipinski definition) is 2. The molecule has 1 rings (SSSR count). The molecule has 1 fully saturated rings. The van der Waals surface area contributed by atoms with E-state index in [1.807, 2.05) is 27.7 Å². The molecule has 1 aliphatic heterocycles. The minimum Gasteiger partial charge on any atom is -0.481 e. The molecule has 1 heterocycles. The van der Waals surface area contributed by atoms with Crippen molar-refractivity contribution < 1.29 is 19.4 Å². The number of carboxylic acid groups (broad SMARTS) is 1. The number of morpholine rings is 1. The molecule has 19 heavy (non-hydrogen) atoms. The van der Waals surface area contributed by atoms with Gasteiger partial charge in [0.2, 0.25) is 0 Å². The molecule has 2 N–H and O–H groups in total. The zero-order valence-corrected chi connectivity index (χ0v) is 12.1. The smallest absolute Gasteiger partial charge is 0.318 e. The van der Waals surface area contributed by atoms with Crippen LogP contribution in [0.4, 0.5) is 4.79 Å². The fraction of sp³-hybridized carbons (Fsp3) is 0.846. The summed E-state index contributed by atoms with van der Waals surface area (Å²) in [6.07, 6.45) is 0.481. The molecule has 0 spiro atoms. The van der Waals surface area contributed by atoms with Crippen LogP contribution < -0.4 is 5.32 Å². The third-order valence-corrected chi connectivity index (χ3v) is 3.28. The fourth-order valence-electron chi connectivity index (χ4n) is 2.03. The Labute approximate surface area is 114 Å². The molecule has 2 amide bonds. The molecule has 0 bridgehead atoms. The lowest BCUT2D eigenvalue weighted by Gasteiger charge is -2.39. The molecule has 0 saturated carbocycles. The van der Waals surface area contributed by atoms with E-state index in [4.69, 9.17) is 9.84 Å². The van der Waals surface area contributed by atoms with E-state index in [0.717, 1.165) is 0 Å². The lowest BCUT2D eigenvalue weighted by Crippen LogP contribution is -2.57. The predicted molar refractivity (Wildman–Crippen MR) is 71.1 cm³/mol. The average Bonchev–Trinajstić information content (AvgIpc) is 2.29. The van der Waals surface area contributed by atoms with Gasteiger partial charge in [-0.1, -0.05) is 0 Å². The first kappa shape index (κ1) is 15.8. The maximum atomic E-state index is 12.2. The molecular formula is C13H24N2O4. The van der Waals surface area contributed by atoms with Crippen molar-refractivity contribution in [3.8, 4) is 0 Å². The van der Waals surface area contributed by atoms with Crippen LogP contribution in [-0.4, -0.2) is 52.8 Å². The molecule has 6 nitrogen and oxygen atoms in total. The van der Waals surface area contributed by atoms with Crippen molar-refractivity contribution in [3.05, 3.63) is 0 Å². The molecule has 1 saturated heterocycles. The lowest BCUT2D eigenvalue weighted by atomic mass is 9.98. The van der Waals surface area contributed by atoms with Gasteiger partial charge in [0, 0.05) is 18.5 Å². The normalized spacial score (nSPS) is 24.1. The number of nitrogens with zero attached hydrogens (tertiary/aromatic N) is 1. The van der Waals surface area contributed by atoms with Crippen molar-refractivity contribution in [1.82, 2.24) is 10.2 Å². The van der Waals surface area contributed by atoms with Gasteiger partial charge in [0.05, 0.1) is 18.8 Å². The van der Waals surface area contributed by atoms with Crippen LogP contribution >= 0.6 is 0 Å². The van der Waals surface area contributed by atoms with Gasteiger partial charge in [-0.15, -0.1) is 0 Å². The van der Waals surface area contributed by atoms with Gasteiger partial charge in [-0.2, -0.15) is 0 Å². The molecule has 110 valence electrons. The van der Waals surface area contributed by atoms with E-state index in [0.29, 0.717) is 19.6 Å². The summed E-state index contributed by atoms with van der Waals surface area (Å²) in [6, 6.07) is -0.121. The van der Waals surface area contributed by atoms with Gasteiger partial charge in [-0.25, -0.2) is 4.79 Å². The van der Waals surface area contributed by atoms with Crippen molar-refractivity contribution in [2.75, 3.05) is 13.2 Å². The van der Waals surface area contributed by atoms with Gasteiger partial charge >= 0.3 is 12.0 Å². The fourth-order valence-corrected chi connectivity index (χ4v) is 2.03. The minimum atomic E-state index is -0.851. The summed E-state index contributed by atoms with van der Waals surface area (Å²) in [5, 5.41) is 11.6. The minimum absolute atomic E-state index is 0.0316. The SMILES string of the molecule is CC1CN(C(=O)NC(C)(C)CCC(=O)O)C(C)CO1. The summed E-state index contributed by atoms with van der Waals surface area (Å²) < 4.78 is 5.48. The summed E-state index contributed by atoms with van der Waals surface area (Å²) in [5.74, 6) is -0.851. The number of amides is 2. The zero-order chi connectivity index (χ0) is 14.6. The Morgan fingerprint density at radius 3 is 2.63 bits per heavy atom. The topological polar surface area (TPSA) is 78.9 Å². The molecule has 0 aromatic rings. The Kier molecular flexibility index (Phi) is 5.17. The Hall–Kier alpha value is -1.30. The molecule has 2 atom stereocenters. The standard InChI is InChI=1S/C13H24N2O4/c1-9-8-19-10(2)7-15(9)12(18)14-13(3,4)6-5-11(16)17/h9-10H,5-8H2,1-4H3,(H,14,18)(H,16,17). The highest BCUT2D eigenvalue weighted by molar-refractivity contribution is 5.75. The number of carboxylic acids is 1. The third kappa shape index (κ3) is 5.06. The van der Waals surface area contributed by atoms with Gasteiger partial charge in [-0.3, -0.25) is 4.79 Å². The Morgan fingerprint density at radius 2 is 2.05 bits per heavy atom. The van der Waals surface area contributed by atoms with Gasteiger partial charge in [0.15, 0.2) is 0 Å². The number of hydrogen-bond acceptors (Lipinski definition) is 3. The van der Waals surface area contributed by atoms with Crippen molar-refractivity contribution in [2.24, 2.45) is 0 Å². The number of carbonyl (C=O) groups is 2. The van der Waals surface area contributed by atoms with Crippen molar-refractivity contribution in [2.45, 2.75) is 58.2 Å². The number of nitrogens with one attached hydrogen (secondary N) is 1. The van der Waals surface area contributed by atoms with E-state index in [1.54, 1.807) is 4.90 Å². The average molecular weight is 272 g/mol. The monoisotopic (exact) mass is 272 g/mol. The zero-order valence-electron chi connectivity index (χ0n) is 12.1. The van der Waals surface area contributed by atoms with Crippen molar-refractivity contribution in [1.29, 1.82) is 0 Å². The predicted octanol–water partition coefficient (Wildman–Crippen LogP) is 1.45. The van der Waals surface area contributed by atoms with Crippen LogP contribution in [-0.2, 0) is 9.53 Å². The highest BCUT2D eigenvalue weighted by atomic mass is 16.5. The highest BCUT2D eigenvalue weighted by Crippen LogP contribution is 2.15. The van der Waals surface area contributed by atoms with E-state index in [1.165, 1.54) is 0 Å². The second-order valence-corrected chi connectivity index (χ2v) is 5.85. The summed E-state index contributed by atoms with van der Waals surface area (Å²) in [7, 11) is 0.